The molecule has 5 heteroatoms. The van der Waals surface area contributed by atoms with Gasteiger partial charge in [0.25, 0.3) is 5.91 Å². The van der Waals surface area contributed by atoms with Crippen molar-refractivity contribution in [3.05, 3.63) is 53.6 Å². The fraction of sp³-hybridized carbons (Fsp3) is 0.263. The van der Waals surface area contributed by atoms with Gasteiger partial charge in [-0.15, -0.1) is 0 Å². The van der Waals surface area contributed by atoms with Crippen molar-refractivity contribution >= 4 is 17.4 Å². The molecule has 0 N–H and O–H groups in total. The predicted octanol–water partition coefficient (Wildman–Crippen LogP) is 2.87. The number of benzene rings is 2. The fourth-order valence-electron chi connectivity index (χ4n) is 2.85. The summed E-state index contributed by atoms with van der Waals surface area (Å²) in [4.78, 5) is 25.9. The lowest BCUT2D eigenvalue weighted by molar-refractivity contribution is -0.120. The molecule has 1 aliphatic heterocycles. The van der Waals surface area contributed by atoms with E-state index < -0.39 is 0 Å². The quantitative estimate of drug-likeness (QED) is 0.793. The first kappa shape index (κ1) is 16.1. The first-order chi connectivity index (χ1) is 11.6. The maximum atomic E-state index is 12.5. The molecule has 0 unspecified atom stereocenters. The Morgan fingerprint density at radius 1 is 1.17 bits per heavy atom. The van der Waals surface area contributed by atoms with Crippen LogP contribution in [0, 0.1) is 0 Å². The summed E-state index contributed by atoms with van der Waals surface area (Å²) < 4.78 is 10.8. The molecule has 0 radical (unpaired) electrons. The number of ketones is 1. The van der Waals surface area contributed by atoms with Crippen molar-refractivity contribution in [2.75, 3.05) is 25.2 Å². The zero-order valence-electron chi connectivity index (χ0n) is 13.7. The molecule has 1 amide bonds. The molecule has 2 aromatic carbocycles. The molecule has 1 aliphatic rings. The van der Waals surface area contributed by atoms with Crippen molar-refractivity contribution < 1.29 is 19.1 Å². The fourth-order valence-corrected chi connectivity index (χ4v) is 2.85. The second-order valence-corrected chi connectivity index (χ2v) is 5.63. The maximum absolute atomic E-state index is 12.5. The third-order valence-electron chi connectivity index (χ3n) is 4.11. The van der Waals surface area contributed by atoms with Gasteiger partial charge in [-0.2, -0.15) is 0 Å². The lowest BCUT2D eigenvalue weighted by atomic mass is 10.1. The first-order valence-corrected chi connectivity index (χ1v) is 7.80. The van der Waals surface area contributed by atoms with Crippen LogP contribution in [0.1, 0.15) is 22.8 Å². The van der Waals surface area contributed by atoms with Gasteiger partial charge in [0.05, 0.1) is 12.7 Å². The molecule has 0 saturated heterocycles. The molecular formula is C19H19NO4. The van der Waals surface area contributed by atoms with Gasteiger partial charge in [0, 0.05) is 18.3 Å². The predicted molar refractivity (Wildman–Crippen MR) is 91.0 cm³/mol. The van der Waals surface area contributed by atoms with Crippen LogP contribution in [0.5, 0.6) is 11.5 Å². The lowest BCUT2D eigenvalue weighted by Crippen LogP contribution is -2.33. The number of Topliss-reactive ketones (excluding diaryl/α,β-unsaturated/α-hetero) is 1. The molecule has 0 aromatic heterocycles. The van der Waals surface area contributed by atoms with E-state index >= 15 is 0 Å². The van der Waals surface area contributed by atoms with Gasteiger partial charge in [-0.05, 0) is 37.1 Å². The number of carbonyl (C=O) groups excluding carboxylic acids is 2. The van der Waals surface area contributed by atoms with E-state index in [1.54, 1.807) is 30.2 Å². The highest BCUT2D eigenvalue weighted by atomic mass is 16.5. The summed E-state index contributed by atoms with van der Waals surface area (Å²) in [6.07, 6.45) is 0.847. The smallest absolute Gasteiger partial charge is 0.264 e. The zero-order chi connectivity index (χ0) is 17.1. The summed E-state index contributed by atoms with van der Waals surface area (Å²) in [6, 6.07) is 12.8. The molecule has 24 heavy (non-hydrogen) atoms. The summed E-state index contributed by atoms with van der Waals surface area (Å²) >= 11 is 0. The summed E-state index contributed by atoms with van der Waals surface area (Å²) in [5.41, 5.74) is 2.53. The number of para-hydroxylation sites is 1. The molecule has 0 spiro atoms. The monoisotopic (exact) mass is 325 g/mol. The van der Waals surface area contributed by atoms with Gasteiger partial charge in [-0.3, -0.25) is 9.59 Å². The summed E-state index contributed by atoms with van der Waals surface area (Å²) in [5, 5.41) is 0. The van der Waals surface area contributed by atoms with E-state index in [0.717, 1.165) is 17.7 Å². The standard InChI is InChI=1S/C19H19NO4/c1-13(21)16-8-7-15(23-2)11-18(16)24-12-19(22)20-10-9-14-5-3-4-6-17(14)20/h3-8,11H,9-10,12H2,1-2H3. The first-order valence-electron chi connectivity index (χ1n) is 7.80. The van der Waals surface area contributed by atoms with Gasteiger partial charge in [0.2, 0.25) is 0 Å². The Hall–Kier alpha value is -2.82. The van der Waals surface area contributed by atoms with Crippen molar-refractivity contribution in [2.45, 2.75) is 13.3 Å². The minimum atomic E-state index is -0.128. The van der Waals surface area contributed by atoms with Gasteiger partial charge in [-0.1, -0.05) is 18.2 Å². The molecular weight excluding hydrogens is 306 g/mol. The van der Waals surface area contributed by atoms with Crippen molar-refractivity contribution in [3.63, 3.8) is 0 Å². The molecule has 2 aromatic rings. The SMILES string of the molecule is COc1ccc(C(C)=O)c(OCC(=O)N2CCc3ccccc32)c1. The van der Waals surface area contributed by atoms with E-state index in [9.17, 15) is 9.59 Å². The average Bonchev–Trinajstić information content (AvgIpc) is 3.03. The highest BCUT2D eigenvalue weighted by Crippen LogP contribution is 2.28. The minimum Gasteiger partial charge on any atom is -0.497 e. The molecule has 0 atom stereocenters. The van der Waals surface area contributed by atoms with Crippen LogP contribution in [0.4, 0.5) is 5.69 Å². The van der Waals surface area contributed by atoms with Crippen LogP contribution >= 0.6 is 0 Å². The Kier molecular flexibility index (Phi) is 4.51. The van der Waals surface area contributed by atoms with Gasteiger partial charge >= 0.3 is 0 Å². The van der Waals surface area contributed by atoms with Crippen LogP contribution in [0.3, 0.4) is 0 Å². The number of ether oxygens (including phenoxy) is 2. The highest BCUT2D eigenvalue weighted by molar-refractivity contribution is 5.98. The Bertz CT molecular complexity index is 785. The maximum Gasteiger partial charge on any atom is 0.264 e. The van der Waals surface area contributed by atoms with E-state index in [-0.39, 0.29) is 18.3 Å². The average molecular weight is 325 g/mol. The van der Waals surface area contributed by atoms with Crippen LogP contribution in [0.2, 0.25) is 0 Å². The van der Waals surface area contributed by atoms with Gasteiger partial charge < -0.3 is 14.4 Å². The Labute approximate surface area is 140 Å². The van der Waals surface area contributed by atoms with E-state index in [1.165, 1.54) is 6.92 Å². The summed E-state index contributed by atoms with van der Waals surface area (Å²) in [6.45, 7) is 1.99. The lowest BCUT2D eigenvalue weighted by Gasteiger charge is -2.18. The van der Waals surface area contributed by atoms with Gasteiger partial charge in [-0.25, -0.2) is 0 Å². The molecule has 0 saturated carbocycles. The van der Waals surface area contributed by atoms with Crippen LogP contribution in [-0.4, -0.2) is 32.0 Å². The number of hydrogen-bond acceptors (Lipinski definition) is 4. The number of carbonyl (C=O) groups is 2. The summed E-state index contributed by atoms with van der Waals surface area (Å²) in [5.74, 6) is 0.695. The van der Waals surface area contributed by atoms with E-state index in [4.69, 9.17) is 9.47 Å². The van der Waals surface area contributed by atoms with Crippen molar-refractivity contribution in [1.29, 1.82) is 0 Å². The molecule has 0 bridgehead atoms. The second kappa shape index (κ2) is 6.74. The Morgan fingerprint density at radius 2 is 1.96 bits per heavy atom. The third-order valence-corrected chi connectivity index (χ3v) is 4.11. The number of amides is 1. The third kappa shape index (κ3) is 3.11. The van der Waals surface area contributed by atoms with Crippen LogP contribution in [-0.2, 0) is 11.2 Å². The minimum absolute atomic E-state index is 0.119. The number of rotatable bonds is 5. The van der Waals surface area contributed by atoms with E-state index in [2.05, 4.69) is 0 Å². The number of methoxy groups -OCH3 is 1. The van der Waals surface area contributed by atoms with Crippen LogP contribution in [0.15, 0.2) is 42.5 Å². The molecule has 5 nitrogen and oxygen atoms in total. The van der Waals surface area contributed by atoms with Gasteiger partial charge in [0.1, 0.15) is 11.5 Å². The number of anilines is 1. The van der Waals surface area contributed by atoms with Crippen molar-refractivity contribution in [2.24, 2.45) is 0 Å². The normalized spacial score (nSPS) is 12.7. The summed E-state index contributed by atoms with van der Waals surface area (Å²) in [7, 11) is 1.54. The Morgan fingerprint density at radius 3 is 2.71 bits per heavy atom. The van der Waals surface area contributed by atoms with Crippen molar-refractivity contribution in [1.82, 2.24) is 0 Å². The van der Waals surface area contributed by atoms with Crippen molar-refractivity contribution in [3.8, 4) is 11.5 Å². The number of nitrogens with zero attached hydrogens (tertiary/aromatic N) is 1. The molecule has 1 heterocycles. The zero-order valence-corrected chi connectivity index (χ0v) is 13.7. The van der Waals surface area contributed by atoms with Crippen LogP contribution in [0.25, 0.3) is 0 Å². The largest absolute Gasteiger partial charge is 0.497 e. The molecule has 3 rings (SSSR count). The van der Waals surface area contributed by atoms with E-state index in [1.807, 2.05) is 24.3 Å². The molecule has 0 aliphatic carbocycles. The topological polar surface area (TPSA) is 55.8 Å². The Balaban J connectivity index is 1.74. The molecule has 0 fully saturated rings. The number of hydrogen-bond donors (Lipinski definition) is 0. The highest BCUT2D eigenvalue weighted by Gasteiger charge is 2.24. The number of fused-ring (bicyclic) bond motifs is 1. The second-order valence-electron chi connectivity index (χ2n) is 5.63. The molecule has 124 valence electrons. The van der Waals surface area contributed by atoms with Gasteiger partial charge in [0.15, 0.2) is 12.4 Å². The van der Waals surface area contributed by atoms with E-state index in [0.29, 0.717) is 23.6 Å². The van der Waals surface area contributed by atoms with Crippen LogP contribution < -0.4 is 14.4 Å².